The molecule has 0 bridgehead atoms. The van der Waals surface area contributed by atoms with Gasteiger partial charge in [-0.25, -0.2) is 0 Å². The first-order valence-corrected chi connectivity index (χ1v) is 3.57. The van der Waals surface area contributed by atoms with E-state index in [0.29, 0.717) is 5.92 Å². The minimum atomic E-state index is -0.288. The van der Waals surface area contributed by atoms with Crippen molar-refractivity contribution in [3.8, 4) is 6.07 Å². The molecular formula is C7H12N2O. The largest absolute Gasteiger partial charge is 0.381 e. The first kappa shape index (κ1) is 7.52. The smallest absolute Gasteiger partial charge is 0.0958 e. The average Bonchev–Trinajstić information content (AvgIpc) is 2.05. The van der Waals surface area contributed by atoms with Gasteiger partial charge in [0, 0.05) is 13.2 Å². The summed E-state index contributed by atoms with van der Waals surface area (Å²) in [7, 11) is 0. The normalized spacial score (nSPS) is 23.6. The molecule has 0 aromatic carbocycles. The highest BCUT2D eigenvalue weighted by atomic mass is 16.5. The van der Waals surface area contributed by atoms with Crippen molar-refractivity contribution in [2.75, 3.05) is 13.2 Å². The second-order valence-electron chi connectivity index (χ2n) is 2.60. The summed E-state index contributed by atoms with van der Waals surface area (Å²) in [6.07, 6.45) is 1.88. The molecule has 1 rings (SSSR count). The van der Waals surface area contributed by atoms with Crippen LogP contribution in [0.15, 0.2) is 0 Å². The molecule has 1 atom stereocenters. The van der Waals surface area contributed by atoms with Crippen LogP contribution in [-0.2, 0) is 4.74 Å². The Labute approximate surface area is 60.8 Å². The molecule has 1 heterocycles. The number of rotatable bonds is 1. The van der Waals surface area contributed by atoms with Crippen LogP contribution < -0.4 is 5.73 Å². The third-order valence-electron chi connectivity index (χ3n) is 1.92. The summed E-state index contributed by atoms with van der Waals surface area (Å²) in [6, 6.07) is 1.77. The lowest BCUT2D eigenvalue weighted by atomic mass is 9.93. The minimum absolute atomic E-state index is 0.288. The Morgan fingerprint density at radius 3 is 2.60 bits per heavy atom. The molecule has 0 unspecified atom stereocenters. The van der Waals surface area contributed by atoms with E-state index in [9.17, 15) is 0 Å². The standard InChI is InChI=1S/C7H12N2O/c8-5-7(9)6-1-3-10-4-2-6/h6-7H,1-4,9H2/t7-/m0/s1. The number of nitriles is 1. The molecule has 1 aliphatic heterocycles. The first-order valence-electron chi connectivity index (χ1n) is 3.57. The lowest BCUT2D eigenvalue weighted by Gasteiger charge is -2.23. The SMILES string of the molecule is N#C[C@H](N)C1CCOCC1. The van der Waals surface area contributed by atoms with Crippen LogP contribution in [-0.4, -0.2) is 19.3 Å². The number of hydrogen-bond donors (Lipinski definition) is 1. The fourth-order valence-electron chi connectivity index (χ4n) is 1.18. The highest BCUT2D eigenvalue weighted by molar-refractivity contribution is 4.92. The van der Waals surface area contributed by atoms with E-state index in [1.54, 1.807) is 0 Å². The fraction of sp³-hybridized carbons (Fsp3) is 0.857. The van der Waals surface area contributed by atoms with Gasteiger partial charge in [-0.1, -0.05) is 0 Å². The molecule has 1 saturated heterocycles. The van der Waals surface area contributed by atoms with Gasteiger partial charge in [0.15, 0.2) is 0 Å². The van der Waals surface area contributed by atoms with E-state index < -0.39 is 0 Å². The topological polar surface area (TPSA) is 59.0 Å². The number of nitrogens with two attached hydrogens (primary N) is 1. The Bertz CT molecular complexity index is 135. The van der Waals surface area contributed by atoms with Gasteiger partial charge in [-0.2, -0.15) is 5.26 Å². The van der Waals surface area contributed by atoms with E-state index in [1.807, 2.05) is 0 Å². The molecule has 0 aromatic rings. The van der Waals surface area contributed by atoms with Crippen LogP contribution >= 0.6 is 0 Å². The molecule has 0 aromatic heterocycles. The molecule has 0 aliphatic carbocycles. The summed E-state index contributed by atoms with van der Waals surface area (Å²) in [5, 5.41) is 8.47. The van der Waals surface area contributed by atoms with Gasteiger partial charge in [0.2, 0.25) is 0 Å². The molecule has 10 heavy (non-hydrogen) atoms. The van der Waals surface area contributed by atoms with Gasteiger partial charge in [0.25, 0.3) is 0 Å². The zero-order valence-electron chi connectivity index (χ0n) is 5.92. The summed E-state index contributed by atoms with van der Waals surface area (Å²) in [5.41, 5.74) is 5.53. The van der Waals surface area contributed by atoms with Crippen LogP contribution in [0.3, 0.4) is 0 Å². The molecule has 3 nitrogen and oxygen atoms in total. The lowest BCUT2D eigenvalue weighted by molar-refractivity contribution is 0.0635. The van der Waals surface area contributed by atoms with E-state index >= 15 is 0 Å². The Kier molecular flexibility index (Phi) is 2.67. The van der Waals surface area contributed by atoms with E-state index in [2.05, 4.69) is 6.07 Å². The van der Waals surface area contributed by atoms with E-state index in [1.165, 1.54) is 0 Å². The maximum Gasteiger partial charge on any atom is 0.0958 e. The van der Waals surface area contributed by atoms with Crippen molar-refractivity contribution in [2.24, 2.45) is 11.7 Å². The molecule has 0 radical (unpaired) electrons. The zero-order valence-corrected chi connectivity index (χ0v) is 5.92. The Balaban J connectivity index is 2.33. The van der Waals surface area contributed by atoms with Crippen molar-refractivity contribution in [3.05, 3.63) is 0 Å². The van der Waals surface area contributed by atoms with Crippen molar-refractivity contribution >= 4 is 0 Å². The van der Waals surface area contributed by atoms with E-state index in [-0.39, 0.29) is 6.04 Å². The summed E-state index contributed by atoms with van der Waals surface area (Å²) in [5.74, 6) is 0.360. The molecule has 0 amide bonds. The second kappa shape index (κ2) is 3.55. The summed E-state index contributed by atoms with van der Waals surface area (Å²) >= 11 is 0. The molecule has 2 N–H and O–H groups in total. The number of nitrogens with zero attached hydrogens (tertiary/aromatic N) is 1. The monoisotopic (exact) mass is 140 g/mol. The van der Waals surface area contributed by atoms with Crippen molar-refractivity contribution in [3.63, 3.8) is 0 Å². The molecule has 0 saturated carbocycles. The number of hydrogen-bond acceptors (Lipinski definition) is 3. The summed E-state index contributed by atoms with van der Waals surface area (Å²) in [6.45, 7) is 1.53. The van der Waals surface area contributed by atoms with Gasteiger partial charge in [0.05, 0.1) is 12.1 Å². The highest BCUT2D eigenvalue weighted by Crippen LogP contribution is 2.16. The van der Waals surface area contributed by atoms with Crippen LogP contribution in [0.25, 0.3) is 0 Å². The van der Waals surface area contributed by atoms with Crippen LogP contribution in [0.4, 0.5) is 0 Å². The predicted molar refractivity (Wildman–Crippen MR) is 37.1 cm³/mol. The van der Waals surface area contributed by atoms with Crippen LogP contribution in [0, 0.1) is 17.2 Å². The van der Waals surface area contributed by atoms with E-state index in [0.717, 1.165) is 26.1 Å². The third kappa shape index (κ3) is 1.69. The maximum atomic E-state index is 8.47. The molecule has 1 aliphatic rings. The molecule has 1 fully saturated rings. The Morgan fingerprint density at radius 1 is 1.50 bits per heavy atom. The minimum Gasteiger partial charge on any atom is -0.381 e. The van der Waals surface area contributed by atoms with Gasteiger partial charge in [-0.05, 0) is 18.8 Å². The predicted octanol–water partition coefficient (Wildman–Crippen LogP) is 0.264. The van der Waals surface area contributed by atoms with E-state index in [4.69, 9.17) is 15.7 Å². The van der Waals surface area contributed by atoms with Gasteiger partial charge < -0.3 is 10.5 Å². The van der Waals surface area contributed by atoms with Gasteiger partial charge >= 0.3 is 0 Å². The third-order valence-corrected chi connectivity index (χ3v) is 1.92. The molecule has 56 valence electrons. The maximum absolute atomic E-state index is 8.47. The quantitative estimate of drug-likeness (QED) is 0.568. The lowest BCUT2D eigenvalue weighted by Crippen LogP contribution is -2.32. The molecular weight excluding hydrogens is 128 g/mol. The first-order chi connectivity index (χ1) is 4.84. The molecule has 0 spiro atoms. The van der Waals surface area contributed by atoms with Gasteiger partial charge in [-0.3, -0.25) is 0 Å². The average molecular weight is 140 g/mol. The Morgan fingerprint density at radius 2 is 2.10 bits per heavy atom. The van der Waals surface area contributed by atoms with Crippen molar-refractivity contribution in [2.45, 2.75) is 18.9 Å². The van der Waals surface area contributed by atoms with Crippen molar-refractivity contribution in [1.82, 2.24) is 0 Å². The van der Waals surface area contributed by atoms with Crippen LogP contribution in [0.1, 0.15) is 12.8 Å². The fourth-order valence-corrected chi connectivity index (χ4v) is 1.18. The highest BCUT2D eigenvalue weighted by Gasteiger charge is 2.19. The van der Waals surface area contributed by atoms with Crippen LogP contribution in [0.5, 0.6) is 0 Å². The Hall–Kier alpha value is -0.590. The summed E-state index contributed by atoms with van der Waals surface area (Å²) < 4.78 is 5.13. The van der Waals surface area contributed by atoms with Gasteiger partial charge in [-0.15, -0.1) is 0 Å². The van der Waals surface area contributed by atoms with Gasteiger partial charge in [0.1, 0.15) is 0 Å². The second-order valence-corrected chi connectivity index (χ2v) is 2.60. The zero-order chi connectivity index (χ0) is 7.40. The van der Waals surface area contributed by atoms with Crippen molar-refractivity contribution < 1.29 is 4.74 Å². The van der Waals surface area contributed by atoms with Crippen LogP contribution in [0.2, 0.25) is 0 Å². The van der Waals surface area contributed by atoms with Crippen molar-refractivity contribution in [1.29, 1.82) is 5.26 Å². The molecule has 3 heteroatoms. The number of ether oxygens (including phenoxy) is 1. The summed E-state index contributed by atoms with van der Waals surface area (Å²) in [4.78, 5) is 0.